The summed E-state index contributed by atoms with van der Waals surface area (Å²) in [4.78, 5) is 26.3. The summed E-state index contributed by atoms with van der Waals surface area (Å²) < 4.78 is 27.4. The molecule has 0 atom stereocenters. The molecule has 2 heterocycles. The number of aryl methyl sites for hydroxylation is 2. The van der Waals surface area contributed by atoms with E-state index in [0.717, 1.165) is 20.3 Å². The number of amides is 2. The van der Waals surface area contributed by atoms with E-state index in [1.165, 1.54) is 0 Å². The fraction of sp³-hybridized carbons (Fsp3) is 0.200. The minimum absolute atomic E-state index is 0.0557. The Morgan fingerprint density at radius 3 is 2.36 bits per heavy atom. The second kappa shape index (κ2) is 8.96. The number of nitrogens with zero attached hydrogens (tertiary/aromatic N) is 1. The van der Waals surface area contributed by atoms with Gasteiger partial charge in [0.25, 0.3) is 21.8 Å². The van der Waals surface area contributed by atoms with Crippen LogP contribution in [0.1, 0.15) is 44.4 Å². The fourth-order valence-electron chi connectivity index (χ4n) is 3.71. The fourth-order valence-corrected chi connectivity index (χ4v) is 6.15. The summed E-state index contributed by atoms with van der Waals surface area (Å²) in [6, 6.07) is 15.9. The van der Waals surface area contributed by atoms with Gasteiger partial charge in [-0.05, 0) is 66.6 Å². The zero-order chi connectivity index (χ0) is 23.8. The highest BCUT2D eigenvalue weighted by Gasteiger charge is 2.42. The van der Waals surface area contributed by atoms with Crippen molar-refractivity contribution in [2.45, 2.75) is 33.9 Å². The van der Waals surface area contributed by atoms with Crippen LogP contribution >= 0.6 is 11.3 Å². The molecule has 1 aliphatic rings. The van der Waals surface area contributed by atoms with Gasteiger partial charge < -0.3 is 5.32 Å². The third-order valence-electron chi connectivity index (χ3n) is 5.75. The lowest BCUT2D eigenvalue weighted by atomic mass is 10.0. The smallest absolute Gasteiger partial charge is 0.268 e. The average molecular weight is 481 g/mol. The highest BCUT2D eigenvalue weighted by molar-refractivity contribution is 7.99. The molecule has 0 fully saturated rings. The van der Waals surface area contributed by atoms with Crippen molar-refractivity contribution >= 4 is 38.1 Å². The minimum atomic E-state index is -3.98. The summed E-state index contributed by atoms with van der Waals surface area (Å²) >= 11 is 1.57. The van der Waals surface area contributed by atoms with Crippen LogP contribution < -0.4 is 5.32 Å². The van der Waals surface area contributed by atoms with Crippen molar-refractivity contribution in [3.8, 4) is 0 Å². The molecule has 0 spiro atoms. The van der Waals surface area contributed by atoms with E-state index in [9.17, 15) is 18.0 Å². The van der Waals surface area contributed by atoms with E-state index in [1.54, 1.807) is 54.7 Å². The third kappa shape index (κ3) is 4.49. The number of sulfonamides is 1. The third-order valence-corrected chi connectivity index (χ3v) is 8.56. The lowest BCUT2D eigenvalue weighted by Gasteiger charge is -2.17. The molecule has 1 N–H and O–H groups in total. The molecule has 1 aromatic heterocycles. The number of hydrogen-bond acceptors (Lipinski definition) is 5. The van der Waals surface area contributed by atoms with Crippen molar-refractivity contribution in [1.82, 2.24) is 9.62 Å². The lowest BCUT2D eigenvalue weighted by molar-refractivity contribution is -0.122. The zero-order valence-corrected chi connectivity index (χ0v) is 20.2. The summed E-state index contributed by atoms with van der Waals surface area (Å²) in [7, 11) is -3.98. The summed E-state index contributed by atoms with van der Waals surface area (Å²) in [6.45, 7) is 5.77. The van der Waals surface area contributed by atoms with Crippen molar-refractivity contribution in [2.75, 3.05) is 0 Å². The number of hydrogen-bond donors (Lipinski definition) is 1. The Morgan fingerprint density at radius 1 is 1.00 bits per heavy atom. The normalized spacial score (nSPS) is 15.2. The van der Waals surface area contributed by atoms with Gasteiger partial charge in [0.15, 0.2) is 0 Å². The van der Waals surface area contributed by atoms with Crippen LogP contribution in [0.4, 0.5) is 0 Å². The largest absolute Gasteiger partial charge is 0.347 e. The predicted octanol–water partition coefficient (Wildman–Crippen LogP) is 4.40. The highest BCUT2D eigenvalue weighted by atomic mass is 32.2. The van der Waals surface area contributed by atoms with Gasteiger partial charge in [0, 0.05) is 16.0 Å². The van der Waals surface area contributed by atoms with Crippen LogP contribution in [0.3, 0.4) is 0 Å². The van der Waals surface area contributed by atoms with Crippen LogP contribution in [0.2, 0.25) is 0 Å². The molecule has 0 aliphatic carbocycles. The van der Waals surface area contributed by atoms with E-state index in [0.29, 0.717) is 23.2 Å². The van der Waals surface area contributed by atoms with Crippen molar-refractivity contribution in [3.05, 3.63) is 98.2 Å². The Morgan fingerprint density at radius 2 is 1.73 bits per heavy atom. The molecule has 0 radical (unpaired) electrons. The molecule has 0 bridgehead atoms. The maximum absolute atomic E-state index is 13.3. The van der Waals surface area contributed by atoms with Gasteiger partial charge in [0.1, 0.15) is 4.91 Å². The topological polar surface area (TPSA) is 83.6 Å². The Balaban J connectivity index is 1.50. The van der Waals surface area contributed by atoms with Gasteiger partial charge in [-0.2, -0.15) is 0 Å². The molecule has 0 saturated heterocycles. The van der Waals surface area contributed by atoms with E-state index in [2.05, 4.69) is 5.32 Å². The van der Waals surface area contributed by atoms with Gasteiger partial charge in [-0.1, -0.05) is 36.4 Å². The maximum atomic E-state index is 13.3. The lowest BCUT2D eigenvalue weighted by Crippen LogP contribution is -2.31. The maximum Gasteiger partial charge on any atom is 0.268 e. The number of benzene rings is 2. The minimum Gasteiger partial charge on any atom is -0.347 e. The second-order valence-corrected chi connectivity index (χ2v) is 10.9. The van der Waals surface area contributed by atoms with Crippen LogP contribution in [0, 0.1) is 13.8 Å². The molecule has 0 unspecified atom stereocenters. The Hall–Kier alpha value is -3.23. The van der Waals surface area contributed by atoms with Crippen LogP contribution in [-0.4, -0.2) is 24.5 Å². The summed E-state index contributed by atoms with van der Waals surface area (Å²) in [5.41, 5.74) is 3.83. The monoisotopic (exact) mass is 480 g/mol. The molecule has 4 rings (SSSR count). The van der Waals surface area contributed by atoms with Gasteiger partial charge in [-0.3, -0.25) is 9.59 Å². The van der Waals surface area contributed by atoms with Crippen LogP contribution in [0.25, 0.3) is 4.91 Å². The molecule has 2 amide bonds. The molecule has 2 aromatic carbocycles. The Kier molecular flexibility index (Phi) is 6.23. The number of carbonyl (C=O) groups excluding carboxylic acids is 2. The average Bonchev–Trinajstić information content (AvgIpc) is 3.36. The van der Waals surface area contributed by atoms with E-state index in [4.69, 9.17) is 0 Å². The first-order valence-corrected chi connectivity index (χ1v) is 12.8. The number of nitrogens with one attached hydrogen (secondary N) is 1. The molecule has 1 aliphatic heterocycles. The SMILES string of the molecule is CC1=C(c2ccc(C)c(C)c2)S(=O)(=O)N(Cc2ccc(C(=O)NCc3cccs3)cc2)C1=O. The van der Waals surface area contributed by atoms with Crippen molar-refractivity contribution < 1.29 is 18.0 Å². The van der Waals surface area contributed by atoms with E-state index >= 15 is 0 Å². The van der Waals surface area contributed by atoms with Crippen LogP contribution in [-0.2, 0) is 27.9 Å². The van der Waals surface area contributed by atoms with Crippen molar-refractivity contribution in [1.29, 1.82) is 0 Å². The first-order valence-electron chi connectivity index (χ1n) is 10.4. The van der Waals surface area contributed by atoms with Crippen molar-refractivity contribution in [2.24, 2.45) is 0 Å². The van der Waals surface area contributed by atoms with E-state index < -0.39 is 15.9 Å². The first-order chi connectivity index (χ1) is 15.7. The molecule has 0 saturated carbocycles. The summed E-state index contributed by atoms with van der Waals surface area (Å²) in [6.07, 6.45) is 0. The molecule has 6 nitrogen and oxygen atoms in total. The molecular weight excluding hydrogens is 456 g/mol. The molecule has 3 aromatic rings. The van der Waals surface area contributed by atoms with Gasteiger partial charge in [0.05, 0.1) is 13.1 Å². The predicted molar refractivity (Wildman–Crippen MR) is 130 cm³/mol. The van der Waals surface area contributed by atoms with E-state index in [-0.39, 0.29) is 22.9 Å². The first kappa shape index (κ1) is 22.9. The summed E-state index contributed by atoms with van der Waals surface area (Å²) in [5.74, 6) is -0.740. The van der Waals surface area contributed by atoms with E-state index in [1.807, 2.05) is 37.4 Å². The van der Waals surface area contributed by atoms with Gasteiger partial charge >= 0.3 is 0 Å². The van der Waals surface area contributed by atoms with Gasteiger partial charge in [-0.15, -0.1) is 11.3 Å². The van der Waals surface area contributed by atoms with Crippen LogP contribution in [0.15, 0.2) is 65.6 Å². The molecular formula is C25H24N2O4S2. The number of thiophene rings is 1. The molecule has 8 heteroatoms. The Labute approximate surface area is 197 Å². The molecule has 33 heavy (non-hydrogen) atoms. The quantitative estimate of drug-likeness (QED) is 0.567. The zero-order valence-electron chi connectivity index (χ0n) is 18.6. The second-order valence-electron chi connectivity index (χ2n) is 8.03. The number of carbonyl (C=O) groups is 2. The van der Waals surface area contributed by atoms with Crippen molar-refractivity contribution in [3.63, 3.8) is 0 Å². The highest BCUT2D eigenvalue weighted by Crippen LogP contribution is 2.37. The van der Waals surface area contributed by atoms with Gasteiger partial charge in [-0.25, -0.2) is 12.7 Å². The van der Waals surface area contributed by atoms with Gasteiger partial charge in [0.2, 0.25) is 0 Å². The molecule has 170 valence electrons. The number of rotatable bonds is 6. The Bertz CT molecular complexity index is 1360. The standard InChI is InChI=1S/C25H24N2O4S2/c1-16-6-9-21(13-17(16)2)23-18(3)25(29)27(33(23,30)31)15-19-7-10-20(11-8-19)24(28)26-14-22-5-4-12-32-22/h4-13H,14-15H2,1-3H3,(H,26,28). The van der Waals surface area contributed by atoms with Crippen LogP contribution in [0.5, 0.6) is 0 Å². The summed E-state index contributed by atoms with van der Waals surface area (Å²) in [5, 5.41) is 4.81.